The molecule has 2 heterocycles. The van der Waals surface area contributed by atoms with Gasteiger partial charge in [0.15, 0.2) is 5.58 Å². The van der Waals surface area contributed by atoms with Crippen molar-refractivity contribution in [3.8, 4) is 5.75 Å². The normalized spacial score (nSPS) is 10.8. The van der Waals surface area contributed by atoms with Crippen LogP contribution in [0.15, 0.2) is 27.4 Å². The van der Waals surface area contributed by atoms with Crippen LogP contribution in [0, 0.1) is 0 Å². The van der Waals surface area contributed by atoms with E-state index in [9.17, 15) is 0 Å². The molecule has 0 bridgehead atoms. The first-order valence-corrected chi connectivity index (χ1v) is 5.31. The number of fused-ring (bicyclic) bond motifs is 1. The molecule has 2 aromatic heterocycles. The van der Waals surface area contributed by atoms with Crippen molar-refractivity contribution < 1.29 is 13.6 Å². The zero-order chi connectivity index (χ0) is 12.5. The highest BCUT2D eigenvalue weighted by atomic mass is 35.5. The fourth-order valence-electron chi connectivity index (χ4n) is 1.46. The van der Waals surface area contributed by atoms with E-state index in [1.807, 2.05) is 0 Å². The second-order valence-electron chi connectivity index (χ2n) is 3.34. The number of benzene rings is 1. The number of anilines is 2. The van der Waals surface area contributed by atoms with Crippen LogP contribution in [-0.2, 0) is 0 Å². The van der Waals surface area contributed by atoms with E-state index >= 15 is 0 Å². The Morgan fingerprint density at radius 1 is 1.33 bits per heavy atom. The number of oxazole rings is 1. The number of rotatable bonds is 3. The van der Waals surface area contributed by atoms with Crippen molar-refractivity contribution in [3.63, 3.8) is 0 Å². The summed E-state index contributed by atoms with van der Waals surface area (Å²) in [5.74, 6) is 0.529. The van der Waals surface area contributed by atoms with Gasteiger partial charge in [-0.15, -0.1) is 5.10 Å². The molecule has 0 saturated carbocycles. The lowest BCUT2D eigenvalue weighted by atomic mass is 10.3. The maximum Gasteiger partial charge on any atom is 0.323 e. The topological polar surface area (TPSA) is 86.2 Å². The second-order valence-corrected chi connectivity index (χ2v) is 3.75. The number of nitrogens with one attached hydrogen (secondary N) is 1. The Bertz CT molecular complexity index is 680. The molecule has 1 N–H and O–H groups in total. The second kappa shape index (κ2) is 4.19. The van der Waals surface area contributed by atoms with E-state index in [1.165, 1.54) is 13.5 Å². The van der Waals surface area contributed by atoms with E-state index in [0.717, 1.165) is 0 Å². The molecule has 0 aliphatic carbocycles. The quantitative estimate of drug-likeness (QED) is 0.779. The summed E-state index contributed by atoms with van der Waals surface area (Å²) in [4.78, 5) is 4.19. The van der Waals surface area contributed by atoms with E-state index in [-0.39, 0.29) is 12.0 Å². The third kappa shape index (κ3) is 1.84. The van der Waals surface area contributed by atoms with Gasteiger partial charge >= 0.3 is 12.0 Å². The number of aromatic nitrogens is 3. The van der Waals surface area contributed by atoms with Crippen LogP contribution in [0.2, 0.25) is 5.02 Å². The molecule has 8 heteroatoms. The molecule has 1 aromatic carbocycles. The molecular formula is C10H7ClN4O3. The molecule has 3 aromatic rings. The smallest absolute Gasteiger partial charge is 0.323 e. The minimum absolute atomic E-state index is 0.194. The highest BCUT2D eigenvalue weighted by molar-refractivity contribution is 6.32. The SMILES string of the molecule is COc1cc2nc(Nc3nnco3)oc2cc1Cl. The molecule has 0 radical (unpaired) electrons. The van der Waals surface area contributed by atoms with Crippen LogP contribution in [0.25, 0.3) is 11.1 Å². The molecular weight excluding hydrogens is 260 g/mol. The van der Waals surface area contributed by atoms with E-state index in [4.69, 9.17) is 25.2 Å². The van der Waals surface area contributed by atoms with Gasteiger partial charge in [0, 0.05) is 12.1 Å². The fourth-order valence-corrected chi connectivity index (χ4v) is 1.69. The van der Waals surface area contributed by atoms with Gasteiger partial charge in [0.05, 0.1) is 12.1 Å². The van der Waals surface area contributed by atoms with E-state index in [2.05, 4.69) is 20.5 Å². The van der Waals surface area contributed by atoms with Gasteiger partial charge in [-0.05, 0) is 0 Å². The van der Waals surface area contributed by atoms with Gasteiger partial charge in [-0.25, -0.2) is 0 Å². The Balaban J connectivity index is 2.00. The monoisotopic (exact) mass is 266 g/mol. The third-order valence-corrected chi connectivity index (χ3v) is 2.53. The zero-order valence-electron chi connectivity index (χ0n) is 9.18. The third-order valence-electron chi connectivity index (χ3n) is 2.24. The molecule has 92 valence electrons. The lowest BCUT2D eigenvalue weighted by Crippen LogP contribution is -1.89. The summed E-state index contributed by atoms with van der Waals surface area (Å²) in [6.45, 7) is 0. The van der Waals surface area contributed by atoms with Gasteiger partial charge in [-0.2, -0.15) is 4.98 Å². The summed E-state index contributed by atoms with van der Waals surface area (Å²) < 4.78 is 15.4. The van der Waals surface area contributed by atoms with Gasteiger partial charge in [0.25, 0.3) is 0 Å². The van der Waals surface area contributed by atoms with Crippen molar-refractivity contribution in [2.24, 2.45) is 0 Å². The molecule has 0 fully saturated rings. The number of halogens is 1. The van der Waals surface area contributed by atoms with Gasteiger partial charge < -0.3 is 13.6 Å². The van der Waals surface area contributed by atoms with E-state index in [1.54, 1.807) is 12.1 Å². The molecule has 0 amide bonds. The number of ether oxygens (including phenoxy) is 1. The first-order chi connectivity index (χ1) is 8.76. The lowest BCUT2D eigenvalue weighted by Gasteiger charge is -2.00. The fraction of sp³-hybridized carbons (Fsp3) is 0.100. The minimum Gasteiger partial charge on any atom is -0.495 e. The van der Waals surface area contributed by atoms with E-state index < -0.39 is 0 Å². The van der Waals surface area contributed by atoms with Crippen molar-refractivity contribution in [2.75, 3.05) is 12.4 Å². The molecule has 0 atom stereocenters. The van der Waals surface area contributed by atoms with Crippen LogP contribution in [-0.4, -0.2) is 22.3 Å². The molecule has 0 saturated heterocycles. The largest absolute Gasteiger partial charge is 0.495 e. The first-order valence-electron chi connectivity index (χ1n) is 4.93. The zero-order valence-corrected chi connectivity index (χ0v) is 9.93. The maximum atomic E-state index is 5.98. The van der Waals surface area contributed by atoms with Crippen molar-refractivity contribution in [3.05, 3.63) is 23.5 Å². The van der Waals surface area contributed by atoms with E-state index in [0.29, 0.717) is 21.9 Å². The van der Waals surface area contributed by atoms with Gasteiger partial charge in [0.2, 0.25) is 6.39 Å². The van der Waals surface area contributed by atoms with Crippen molar-refractivity contribution in [1.82, 2.24) is 15.2 Å². The van der Waals surface area contributed by atoms with Crippen molar-refractivity contribution >= 4 is 34.7 Å². The van der Waals surface area contributed by atoms with Crippen LogP contribution in [0.3, 0.4) is 0 Å². The first kappa shape index (κ1) is 10.8. The van der Waals surface area contributed by atoms with Gasteiger partial charge in [0.1, 0.15) is 11.3 Å². The van der Waals surface area contributed by atoms with Gasteiger partial charge in [-0.1, -0.05) is 16.7 Å². The van der Waals surface area contributed by atoms with Gasteiger partial charge in [-0.3, -0.25) is 5.32 Å². The Morgan fingerprint density at radius 3 is 2.94 bits per heavy atom. The maximum absolute atomic E-state index is 5.98. The van der Waals surface area contributed by atoms with Crippen LogP contribution in [0.4, 0.5) is 12.0 Å². The average molecular weight is 267 g/mol. The summed E-state index contributed by atoms with van der Waals surface area (Å²) in [5.41, 5.74) is 1.14. The number of methoxy groups -OCH3 is 1. The minimum atomic E-state index is 0.194. The van der Waals surface area contributed by atoms with Crippen LogP contribution >= 0.6 is 11.6 Å². The Labute approximate surface area is 106 Å². The summed E-state index contributed by atoms with van der Waals surface area (Å²) in [6, 6.07) is 3.74. The Kier molecular flexibility index (Phi) is 2.52. The lowest BCUT2D eigenvalue weighted by molar-refractivity contribution is 0.415. The predicted octanol–water partition coefficient (Wildman–Crippen LogP) is 2.62. The molecule has 0 aliphatic rings. The number of hydrogen-bond donors (Lipinski definition) is 1. The predicted molar refractivity (Wildman–Crippen MR) is 63.2 cm³/mol. The van der Waals surface area contributed by atoms with Crippen LogP contribution in [0.5, 0.6) is 5.75 Å². The number of nitrogens with zero attached hydrogens (tertiary/aromatic N) is 3. The molecule has 18 heavy (non-hydrogen) atoms. The summed E-state index contributed by atoms with van der Waals surface area (Å²) in [7, 11) is 1.53. The molecule has 0 aliphatic heterocycles. The summed E-state index contributed by atoms with van der Waals surface area (Å²) in [5, 5.41) is 10.4. The highest BCUT2D eigenvalue weighted by Crippen LogP contribution is 2.31. The Hall–Kier alpha value is -2.28. The molecule has 0 spiro atoms. The summed E-state index contributed by atoms with van der Waals surface area (Å²) in [6.07, 6.45) is 1.20. The Morgan fingerprint density at radius 2 is 2.22 bits per heavy atom. The molecule has 0 unspecified atom stereocenters. The van der Waals surface area contributed by atoms with Crippen molar-refractivity contribution in [1.29, 1.82) is 0 Å². The number of hydrogen-bond acceptors (Lipinski definition) is 7. The average Bonchev–Trinajstić information content (AvgIpc) is 2.97. The van der Waals surface area contributed by atoms with Crippen molar-refractivity contribution in [2.45, 2.75) is 0 Å². The standard InChI is InChI=1S/C10H7ClN4O3/c1-16-7-3-6-8(2-5(7)11)18-9(13-6)14-10-15-12-4-17-10/h2-4H,1H3,(H,13,14,15). The molecule has 7 nitrogen and oxygen atoms in total. The summed E-state index contributed by atoms with van der Waals surface area (Å²) >= 11 is 5.98. The molecule has 3 rings (SSSR count). The highest BCUT2D eigenvalue weighted by Gasteiger charge is 2.11. The van der Waals surface area contributed by atoms with Crippen LogP contribution < -0.4 is 10.1 Å². The van der Waals surface area contributed by atoms with Crippen LogP contribution in [0.1, 0.15) is 0 Å².